The second-order valence-corrected chi connectivity index (χ2v) is 5.75. The molecule has 1 unspecified atom stereocenters. The minimum absolute atomic E-state index is 0.620. The van der Waals surface area contributed by atoms with Crippen molar-refractivity contribution in [3.05, 3.63) is 30.3 Å². The predicted molar refractivity (Wildman–Crippen MR) is 80.7 cm³/mol. The monoisotopic (exact) mass is 259 g/mol. The van der Waals surface area contributed by atoms with E-state index < -0.39 is 0 Å². The number of piperazine rings is 1. The number of benzene rings is 1. The van der Waals surface area contributed by atoms with Gasteiger partial charge in [0.25, 0.3) is 0 Å². The Morgan fingerprint density at radius 3 is 2.58 bits per heavy atom. The number of likely N-dealkylation sites (tertiary alicyclic amines) is 1. The van der Waals surface area contributed by atoms with Gasteiger partial charge in [0.15, 0.2) is 0 Å². The van der Waals surface area contributed by atoms with Crippen molar-refractivity contribution in [1.82, 2.24) is 10.2 Å². The fourth-order valence-corrected chi connectivity index (χ4v) is 3.32. The third kappa shape index (κ3) is 3.28. The maximum atomic E-state index is 3.56. The smallest absolute Gasteiger partial charge is 0.0542 e. The lowest BCUT2D eigenvalue weighted by atomic mass is 10.1. The van der Waals surface area contributed by atoms with Crippen molar-refractivity contribution in [2.45, 2.75) is 25.3 Å². The molecule has 2 aliphatic heterocycles. The van der Waals surface area contributed by atoms with E-state index >= 15 is 0 Å². The van der Waals surface area contributed by atoms with Gasteiger partial charge in [-0.25, -0.2) is 0 Å². The number of hydrogen-bond donors (Lipinski definition) is 1. The molecule has 0 bridgehead atoms. The van der Waals surface area contributed by atoms with E-state index in [1.165, 1.54) is 44.6 Å². The van der Waals surface area contributed by atoms with Crippen molar-refractivity contribution in [3.8, 4) is 0 Å². The Balaban J connectivity index is 1.66. The van der Waals surface area contributed by atoms with Gasteiger partial charge in [0, 0.05) is 31.9 Å². The Hall–Kier alpha value is -1.06. The van der Waals surface area contributed by atoms with Crippen molar-refractivity contribution in [1.29, 1.82) is 0 Å². The van der Waals surface area contributed by atoms with E-state index in [0.717, 1.165) is 19.6 Å². The van der Waals surface area contributed by atoms with Crippen molar-refractivity contribution in [2.75, 3.05) is 44.2 Å². The van der Waals surface area contributed by atoms with E-state index in [0.29, 0.717) is 6.04 Å². The highest BCUT2D eigenvalue weighted by atomic mass is 15.3. The summed E-state index contributed by atoms with van der Waals surface area (Å²) in [5.74, 6) is 0. The van der Waals surface area contributed by atoms with Crippen LogP contribution in [0.1, 0.15) is 19.3 Å². The average molecular weight is 259 g/mol. The Labute approximate surface area is 116 Å². The summed E-state index contributed by atoms with van der Waals surface area (Å²) < 4.78 is 0. The number of rotatable bonds is 3. The molecule has 0 aromatic heterocycles. The van der Waals surface area contributed by atoms with Gasteiger partial charge in [-0.15, -0.1) is 0 Å². The van der Waals surface area contributed by atoms with Crippen LogP contribution in [0.4, 0.5) is 5.69 Å². The van der Waals surface area contributed by atoms with Gasteiger partial charge in [0.1, 0.15) is 0 Å². The third-order valence-electron chi connectivity index (χ3n) is 4.36. The molecule has 1 aromatic rings. The number of nitrogens with one attached hydrogen (secondary N) is 1. The molecule has 0 radical (unpaired) electrons. The van der Waals surface area contributed by atoms with Gasteiger partial charge in [0.05, 0.1) is 6.04 Å². The van der Waals surface area contributed by atoms with Gasteiger partial charge in [-0.05, 0) is 38.1 Å². The van der Waals surface area contributed by atoms with E-state index in [1.807, 2.05) is 0 Å². The molecule has 1 atom stereocenters. The zero-order chi connectivity index (χ0) is 12.9. The molecule has 0 saturated carbocycles. The first-order valence-corrected chi connectivity index (χ1v) is 7.68. The molecule has 3 nitrogen and oxygen atoms in total. The van der Waals surface area contributed by atoms with E-state index in [-0.39, 0.29) is 0 Å². The van der Waals surface area contributed by atoms with E-state index in [1.54, 1.807) is 0 Å². The summed E-state index contributed by atoms with van der Waals surface area (Å²) >= 11 is 0. The molecule has 3 heteroatoms. The third-order valence-corrected chi connectivity index (χ3v) is 4.36. The topological polar surface area (TPSA) is 18.5 Å². The first-order valence-electron chi connectivity index (χ1n) is 7.68. The summed E-state index contributed by atoms with van der Waals surface area (Å²) in [6.45, 7) is 7.14. The maximum absolute atomic E-state index is 3.56. The van der Waals surface area contributed by atoms with Gasteiger partial charge in [-0.1, -0.05) is 24.6 Å². The Kier molecular flexibility index (Phi) is 4.36. The van der Waals surface area contributed by atoms with Crippen LogP contribution >= 0.6 is 0 Å². The quantitative estimate of drug-likeness (QED) is 0.895. The van der Waals surface area contributed by atoms with Crippen LogP contribution in [0.3, 0.4) is 0 Å². The predicted octanol–water partition coefficient (Wildman–Crippen LogP) is 1.95. The summed E-state index contributed by atoms with van der Waals surface area (Å²) in [4.78, 5) is 5.24. The number of para-hydroxylation sites is 1. The first-order chi connectivity index (χ1) is 9.43. The second-order valence-electron chi connectivity index (χ2n) is 5.75. The van der Waals surface area contributed by atoms with Crippen LogP contribution in [0.15, 0.2) is 30.3 Å². The molecule has 1 N–H and O–H groups in total. The SMILES string of the molecule is c1ccc(N2CCNCC2CN2CCCCC2)cc1. The number of nitrogens with zero attached hydrogens (tertiary/aromatic N) is 2. The van der Waals surface area contributed by atoms with Gasteiger partial charge in [-0.2, -0.15) is 0 Å². The van der Waals surface area contributed by atoms with E-state index in [2.05, 4.69) is 45.4 Å². The minimum atomic E-state index is 0.620. The molecule has 19 heavy (non-hydrogen) atoms. The summed E-state index contributed by atoms with van der Waals surface area (Å²) in [6.07, 6.45) is 4.18. The van der Waals surface area contributed by atoms with Crippen LogP contribution in [0.2, 0.25) is 0 Å². The fourth-order valence-electron chi connectivity index (χ4n) is 3.32. The average Bonchev–Trinajstić information content (AvgIpc) is 2.50. The van der Waals surface area contributed by atoms with Gasteiger partial charge in [-0.3, -0.25) is 0 Å². The summed E-state index contributed by atoms with van der Waals surface area (Å²) in [5.41, 5.74) is 1.38. The van der Waals surface area contributed by atoms with Crippen molar-refractivity contribution < 1.29 is 0 Å². The molecule has 2 aliphatic rings. The Morgan fingerprint density at radius 1 is 1.00 bits per heavy atom. The molecule has 104 valence electrons. The molecule has 2 saturated heterocycles. The molecular formula is C16H25N3. The molecule has 1 aromatic carbocycles. The molecule has 2 heterocycles. The van der Waals surface area contributed by atoms with Gasteiger partial charge < -0.3 is 15.1 Å². The molecular weight excluding hydrogens is 234 g/mol. The standard InChI is InChI=1S/C16H25N3/c1-3-7-15(8-4-1)19-12-9-17-13-16(19)14-18-10-5-2-6-11-18/h1,3-4,7-8,16-17H,2,5-6,9-14H2. The second kappa shape index (κ2) is 6.40. The highest BCUT2D eigenvalue weighted by Gasteiger charge is 2.25. The number of hydrogen-bond acceptors (Lipinski definition) is 3. The maximum Gasteiger partial charge on any atom is 0.0542 e. The normalized spacial score (nSPS) is 25.5. The molecule has 0 aliphatic carbocycles. The van der Waals surface area contributed by atoms with Crippen LogP contribution in [-0.2, 0) is 0 Å². The van der Waals surface area contributed by atoms with Crippen LogP contribution < -0.4 is 10.2 Å². The molecule has 3 rings (SSSR count). The largest absolute Gasteiger partial charge is 0.365 e. The molecule has 0 amide bonds. The Morgan fingerprint density at radius 2 is 1.79 bits per heavy atom. The van der Waals surface area contributed by atoms with Crippen molar-refractivity contribution in [2.24, 2.45) is 0 Å². The van der Waals surface area contributed by atoms with Crippen molar-refractivity contribution >= 4 is 5.69 Å². The lowest BCUT2D eigenvalue weighted by molar-refractivity contribution is 0.207. The zero-order valence-corrected chi connectivity index (χ0v) is 11.7. The van der Waals surface area contributed by atoms with Crippen LogP contribution in [0.25, 0.3) is 0 Å². The van der Waals surface area contributed by atoms with Gasteiger partial charge in [0.2, 0.25) is 0 Å². The Bertz CT molecular complexity index is 373. The van der Waals surface area contributed by atoms with E-state index in [9.17, 15) is 0 Å². The summed E-state index contributed by atoms with van der Waals surface area (Å²) in [5, 5.41) is 3.56. The van der Waals surface area contributed by atoms with Crippen molar-refractivity contribution in [3.63, 3.8) is 0 Å². The lowest BCUT2D eigenvalue weighted by Gasteiger charge is -2.41. The first kappa shape index (κ1) is 12.9. The zero-order valence-electron chi connectivity index (χ0n) is 11.7. The molecule has 2 fully saturated rings. The van der Waals surface area contributed by atoms with Crippen LogP contribution in [-0.4, -0.2) is 50.2 Å². The number of anilines is 1. The lowest BCUT2D eigenvalue weighted by Crippen LogP contribution is -2.56. The van der Waals surface area contributed by atoms with Crippen LogP contribution in [0, 0.1) is 0 Å². The van der Waals surface area contributed by atoms with E-state index in [4.69, 9.17) is 0 Å². The number of piperidine rings is 1. The fraction of sp³-hybridized carbons (Fsp3) is 0.625. The highest BCUT2D eigenvalue weighted by molar-refractivity contribution is 5.47. The minimum Gasteiger partial charge on any atom is -0.365 e. The molecule has 0 spiro atoms. The van der Waals surface area contributed by atoms with Crippen LogP contribution in [0.5, 0.6) is 0 Å². The van der Waals surface area contributed by atoms with Gasteiger partial charge >= 0.3 is 0 Å². The summed E-state index contributed by atoms with van der Waals surface area (Å²) in [7, 11) is 0. The highest BCUT2D eigenvalue weighted by Crippen LogP contribution is 2.19. The summed E-state index contributed by atoms with van der Waals surface area (Å²) in [6, 6.07) is 11.5.